The molecule has 3 N–H and O–H groups in total. The Labute approximate surface area is 196 Å². The molecular weight excluding hydrogens is 430 g/mol. The number of carbonyl (C=O) groups is 3. The average molecular weight is 472 g/mol. The number of amides is 1. The van der Waals surface area contributed by atoms with Gasteiger partial charge in [0.2, 0.25) is 5.91 Å². The van der Waals surface area contributed by atoms with E-state index in [2.05, 4.69) is 5.32 Å². The van der Waals surface area contributed by atoms with Crippen LogP contribution in [0.1, 0.15) is 70.6 Å². The third-order valence-electron chi connectivity index (χ3n) is 7.58. The van der Waals surface area contributed by atoms with Gasteiger partial charge in [-0.15, -0.1) is 0 Å². The van der Waals surface area contributed by atoms with Crippen LogP contribution >= 0.6 is 0 Å². The minimum absolute atomic E-state index is 0.104. The number of aliphatic carboxylic acids is 2. The second-order valence-electron chi connectivity index (χ2n) is 9.67. The minimum atomic E-state index is -0.939. The molecule has 33 heavy (non-hydrogen) atoms. The lowest BCUT2D eigenvalue weighted by Gasteiger charge is -2.44. The second kappa shape index (κ2) is 13.2. The van der Waals surface area contributed by atoms with E-state index in [0.29, 0.717) is 64.8 Å². The SMILES string of the molecule is COCCCC1(NC(=O)C2(C(COCCOC)CC(=O)O)CCCC2)CCC(C(=O)O)CC1. The van der Waals surface area contributed by atoms with Gasteiger partial charge < -0.3 is 29.7 Å². The van der Waals surface area contributed by atoms with Gasteiger partial charge in [-0.1, -0.05) is 12.8 Å². The monoisotopic (exact) mass is 471 g/mol. The summed E-state index contributed by atoms with van der Waals surface area (Å²) in [4.78, 5) is 37.0. The number of carbonyl (C=O) groups excluding carboxylic acids is 1. The van der Waals surface area contributed by atoms with Crippen molar-refractivity contribution in [1.29, 1.82) is 0 Å². The fourth-order valence-corrected chi connectivity index (χ4v) is 5.59. The van der Waals surface area contributed by atoms with E-state index in [1.54, 1.807) is 14.2 Å². The van der Waals surface area contributed by atoms with Gasteiger partial charge in [-0.2, -0.15) is 0 Å². The Bertz CT molecular complexity index is 638. The molecule has 0 aliphatic heterocycles. The lowest BCUT2D eigenvalue weighted by atomic mass is 9.69. The summed E-state index contributed by atoms with van der Waals surface area (Å²) >= 11 is 0. The molecule has 9 nitrogen and oxygen atoms in total. The van der Waals surface area contributed by atoms with Crippen molar-refractivity contribution in [1.82, 2.24) is 5.32 Å². The Morgan fingerprint density at radius 2 is 1.61 bits per heavy atom. The third kappa shape index (κ3) is 7.65. The van der Waals surface area contributed by atoms with Crippen LogP contribution in [0.4, 0.5) is 0 Å². The van der Waals surface area contributed by atoms with E-state index in [0.717, 1.165) is 19.3 Å². The quantitative estimate of drug-likeness (QED) is 0.311. The van der Waals surface area contributed by atoms with Crippen molar-refractivity contribution >= 4 is 17.8 Å². The van der Waals surface area contributed by atoms with Crippen molar-refractivity contribution in [3.8, 4) is 0 Å². The highest BCUT2D eigenvalue weighted by atomic mass is 16.5. The van der Waals surface area contributed by atoms with Gasteiger partial charge in [0, 0.05) is 32.3 Å². The molecule has 9 heteroatoms. The van der Waals surface area contributed by atoms with E-state index in [4.69, 9.17) is 14.2 Å². The summed E-state index contributed by atoms with van der Waals surface area (Å²) in [6.45, 7) is 1.52. The van der Waals surface area contributed by atoms with E-state index in [1.807, 2.05) is 0 Å². The van der Waals surface area contributed by atoms with Crippen LogP contribution in [0.25, 0.3) is 0 Å². The number of hydrogen-bond donors (Lipinski definition) is 3. The molecule has 0 aromatic rings. The summed E-state index contributed by atoms with van der Waals surface area (Å²) in [5.41, 5.74) is -1.27. The van der Waals surface area contributed by atoms with Gasteiger partial charge in [-0.25, -0.2) is 0 Å². The molecule has 190 valence electrons. The molecule has 1 atom stereocenters. The average Bonchev–Trinajstić information content (AvgIpc) is 3.27. The molecule has 2 fully saturated rings. The molecule has 0 saturated heterocycles. The van der Waals surface area contributed by atoms with E-state index in [9.17, 15) is 24.6 Å². The molecule has 2 saturated carbocycles. The topological polar surface area (TPSA) is 131 Å². The first-order chi connectivity index (χ1) is 15.8. The van der Waals surface area contributed by atoms with Gasteiger partial charge in [-0.05, 0) is 51.4 Å². The fourth-order valence-electron chi connectivity index (χ4n) is 5.59. The zero-order valence-electron chi connectivity index (χ0n) is 20.1. The van der Waals surface area contributed by atoms with E-state index < -0.39 is 28.8 Å². The van der Waals surface area contributed by atoms with E-state index >= 15 is 0 Å². The van der Waals surface area contributed by atoms with Gasteiger partial charge in [0.15, 0.2) is 0 Å². The van der Waals surface area contributed by atoms with Gasteiger partial charge in [0.05, 0.1) is 37.6 Å². The third-order valence-corrected chi connectivity index (χ3v) is 7.58. The first-order valence-electron chi connectivity index (χ1n) is 12.1. The zero-order valence-corrected chi connectivity index (χ0v) is 20.1. The number of methoxy groups -OCH3 is 2. The maximum Gasteiger partial charge on any atom is 0.306 e. The molecule has 0 aromatic heterocycles. The number of ether oxygens (including phenoxy) is 3. The molecule has 0 bridgehead atoms. The summed E-state index contributed by atoms with van der Waals surface area (Å²) in [7, 11) is 3.21. The summed E-state index contributed by atoms with van der Waals surface area (Å²) in [6, 6.07) is 0. The summed E-state index contributed by atoms with van der Waals surface area (Å²) in [6.07, 6.45) is 6.61. The molecule has 1 unspecified atom stereocenters. The number of rotatable bonds is 15. The summed E-state index contributed by atoms with van der Waals surface area (Å²) in [5, 5.41) is 22.3. The predicted molar refractivity (Wildman–Crippen MR) is 121 cm³/mol. The maximum atomic E-state index is 13.9. The van der Waals surface area contributed by atoms with Crippen LogP contribution in [0.5, 0.6) is 0 Å². The summed E-state index contributed by atoms with van der Waals surface area (Å²) < 4.78 is 15.9. The Morgan fingerprint density at radius 1 is 0.970 bits per heavy atom. The van der Waals surface area contributed by atoms with Crippen LogP contribution in [0.2, 0.25) is 0 Å². The van der Waals surface area contributed by atoms with Crippen molar-refractivity contribution in [3.05, 3.63) is 0 Å². The molecule has 2 rings (SSSR count). The van der Waals surface area contributed by atoms with Gasteiger partial charge in [-0.3, -0.25) is 14.4 Å². The van der Waals surface area contributed by atoms with Crippen LogP contribution in [-0.2, 0) is 28.6 Å². The Hall–Kier alpha value is -1.71. The number of hydrogen-bond acceptors (Lipinski definition) is 6. The normalized spacial score (nSPS) is 25.5. The predicted octanol–water partition coefficient (Wildman–Crippen LogP) is 2.86. The van der Waals surface area contributed by atoms with Crippen molar-refractivity contribution in [2.45, 2.75) is 76.2 Å². The largest absolute Gasteiger partial charge is 0.481 e. The van der Waals surface area contributed by atoms with E-state index in [-0.39, 0.29) is 24.9 Å². The van der Waals surface area contributed by atoms with Crippen LogP contribution in [0.3, 0.4) is 0 Å². The molecule has 0 aromatic carbocycles. The molecular formula is C24H41NO8. The van der Waals surface area contributed by atoms with Gasteiger partial charge in [0.25, 0.3) is 0 Å². The highest BCUT2D eigenvalue weighted by Gasteiger charge is 2.50. The van der Waals surface area contributed by atoms with Gasteiger partial charge in [0.1, 0.15) is 0 Å². The van der Waals surface area contributed by atoms with Crippen LogP contribution < -0.4 is 5.32 Å². The van der Waals surface area contributed by atoms with Crippen molar-refractivity contribution in [2.24, 2.45) is 17.3 Å². The minimum Gasteiger partial charge on any atom is -0.481 e. The van der Waals surface area contributed by atoms with Crippen molar-refractivity contribution in [2.75, 3.05) is 40.6 Å². The Kier molecular flexibility index (Phi) is 11.1. The first-order valence-corrected chi connectivity index (χ1v) is 12.1. The standard InChI is InChI=1S/C24H41NO8/c1-31-13-5-8-23(11-6-18(7-12-23)21(28)29)25-22(30)24(9-3-4-10-24)19(16-20(26)27)17-33-15-14-32-2/h18-19H,3-17H2,1-2H3,(H,25,30)(H,26,27)(H,28,29). The number of nitrogens with one attached hydrogen (secondary N) is 1. The first kappa shape index (κ1) is 27.5. The molecule has 0 radical (unpaired) electrons. The lowest BCUT2D eigenvalue weighted by Crippen LogP contribution is -2.57. The highest BCUT2D eigenvalue weighted by molar-refractivity contribution is 5.85. The zero-order chi connectivity index (χ0) is 24.3. The molecule has 2 aliphatic carbocycles. The molecule has 1 amide bonds. The number of carboxylic acid groups (broad SMARTS) is 2. The molecule has 0 heterocycles. The maximum absolute atomic E-state index is 13.9. The van der Waals surface area contributed by atoms with Crippen LogP contribution in [0.15, 0.2) is 0 Å². The fraction of sp³-hybridized carbons (Fsp3) is 0.875. The lowest BCUT2D eigenvalue weighted by molar-refractivity contribution is -0.145. The molecule has 0 spiro atoms. The van der Waals surface area contributed by atoms with Crippen LogP contribution in [-0.4, -0.2) is 74.2 Å². The van der Waals surface area contributed by atoms with Crippen LogP contribution in [0, 0.1) is 17.3 Å². The van der Waals surface area contributed by atoms with Crippen molar-refractivity contribution < 1.29 is 38.8 Å². The van der Waals surface area contributed by atoms with Crippen molar-refractivity contribution in [3.63, 3.8) is 0 Å². The Balaban J connectivity index is 2.20. The number of carboxylic acids is 2. The smallest absolute Gasteiger partial charge is 0.306 e. The second-order valence-corrected chi connectivity index (χ2v) is 9.67. The summed E-state index contributed by atoms with van der Waals surface area (Å²) in [5.74, 6) is -2.64. The van der Waals surface area contributed by atoms with E-state index in [1.165, 1.54) is 0 Å². The Morgan fingerprint density at radius 3 is 2.15 bits per heavy atom. The van der Waals surface area contributed by atoms with Gasteiger partial charge >= 0.3 is 11.9 Å². The molecule has 2 aliphatic rings. The highest BCUT2D eigenvalue weighted by Crippen LogP contribution is 2.47.